The Hall–Kier alpha value is -3.90. The van der Waals surface area contributed by atoms with E-state index in [0.717, 1.165) is 41.7 Å². The number of fused-ring (bicyclic) bond motifs is 2. The van der Waals surface area contributed by atoms with Gasteiger partial charge in [0.05, 0.1) is 29.3 Å². The van der Waals surface area contributed by atoms with Gasteiger partial charge in [-0.2, -0.15) is 0 Å². The fourth-order valence-corrected chi connectivity index (χ4v) is 8.72. The number of sulfonamides is 1. The van der Waals surface area contributed by atoms with Crippen LogP contribution in [0.5, 0.6) is 0 Å². The van der Waals surface area contributed by atoms with Crippen LogP contribution in [0.25, 0.3) is 0 Å². The van der Waals surface area contributed by atoms with Crippen LogP contribution in [0.15, 0.2) is 53.4 Å². The Bertz CT molecular complexity index is 1660. The van der Waals surface area contributed by atoms with Crippen molar-refractivity contribution in [3.8, 4) is 0 Å². The number of carbonyl (C=O) groups excluding carboxylic acids is 3. The first-order valence-electron chi connectivity index (χ1n) is 15.6. The molecule has 240 valence electrons. The van der Waals surface area contributed by atoms with Crippen molar-refractivity contribution in [2.75, 3.05) is 42.4 Å². The van der Waals surface area contributed by atoms with Crippen molar-refractivity contribution in [3.63, 3.8) is 0 Å². The molecule has 45 heavy (non-hydrogen) atoms. The monoisotopic (exact) mass is 652 g/mol. The molecule has 0 aliphatic carbocycles. The molecule has 0 saturated carbocycles. The van der Waals surface area contributed by atoms with Gasteiger partial charge < -0.3 is 19.9 Å². The Labute approximate surface area is 269 Å². The third-order valence-electron chi connectivity index (χ3n) is 8.07. The Morgan fingerprint density at radius 2 is 1.67 bits per heavy atom. The molecule has 0 radical (unpaired) electrons. The average molecular weight is 653 g/mol. The maximum atomic E-state index is 13.9. The fourth-order valence-electron chi connectivity index (χ4n) is 5.93. The Kier molecular flexibility index (Phi) is 10.1. The second-order valence-corrected chi connectivity index (χ2v) is 14.1. The standard InChI is InChI=1S/C33H40N4O6S2/c1-4-18-35(19-5-2)32(39)29-26-17-21-36(33(40)43-6-3)22-28(26)44-31(29)34-30(38)24-13-15-25(16-14-24)45(41,42)37-20-9-11-23-10-7-8-12-27(23)37/h7-8,10,12-16H,4-6,9,11,17-22H2,1-3H3,(H,34,38). The summed E-state index contributed by atoms with van der Waals surface area (Å²) in [6, 6.07) is 13.4. The molecule has 0 fully saturated rings. The van der Waals surface area contributed by atoms with Crippen LogP contribution in [-0.4, -0.2) is 68.9 Å². The average Bonchev–Trinajstić information content (AvgIpc) is 3.41. The number of benzene rings is 2. The number of nitrogens with one attached hydrogen (secondary N) is 1. The lowest BCUT2D eigenvalue weighted by atomic mass is 10.0. The highest BCUT2D eigenvalue weighted by Gasteiger charge is 2.33. The van der Waals surface area contributed by atoms with Crippen LogP contribution in [-0.2, 0) is 34.1 Å². The van der Waals surface area contributed by atoms with E-state index >= 15 is 0 Å². The first-order chi connectivity index (χ1) is 21.7. The van der Waals surface area contributed by atoms with E-state index in [1.165, 1.54) is 39.9 Å². The van der Waals surface area contributed by atoms with E-state index in [-0.39, 0.29) is 23.0 Å². The van der Waals surface area contributed by atoms with Gasteiger partial charge in [-0.05, 0) is 80.5 Å². The summed E-state index contributed by atoms with van der Waals surface area (Å²) in [4.78, 5) is 44.3. The van der Waals surface area contributed by atoms with Gasteiger partial charge in [0.1, 0.15) is 5.00 Å². The molecule has 1 N–H and O–H groups in total. The van der Waals surface area contributed by atoms with E-state index in [1.807, 2.05) is 43.0 Å². The van der Waals surface area contributed by atoms with Crippen molar-refractivity contribution >= 4 is 50.0 Å². The molecule has 0 atom stereocenters. The van der Waals surface area contributed by atoms with E-state index < -0.39 is 22.0 Å². The lowest BCUT2D eigenvalue weighted by Gasteiger charge is -2.30. The van der Waals surface area contributed by atoms with Gasteiger partial charge in [-0.3, -0.25) is 13.9 Å². The molecule has 1 aromatic heterocycles. The molecule has 2 aromatic carbocycles. The number of carbonyl (C=O) groups is 3. The fraction of sp³-hybridized carbons (Fsp3) is 0.424. The summed E-state index contributed by atoms with van der Waals surface area (Å²) in [6.07, 6.45) is 3.22. The van der Waals surface area contributed by atoms with Crippen molar-refractivity contribution in [2.24, 2.45) is 0 Å². The highest BCUT2D eigenvalue weighted by atomic mass is 32.2. The minimum Gasteiger partial charge on any atom is -0.450 e. The zero-order valence-electron chi connectivity index (χ0n) is 26.0. The Morgan fingerprint density at radius 3 is 2.36 bits per heavy atom. The minimum absolute atomic E-state index is 0.104. The van der Waals surface area contributed by atoms with Crippen LogP contribution in [0.2, 0.25) is 0 Å². The maximum Gasteiger partial charge on any atom is 0.410 e. The molecule has 2 aliphatic heterocycles. The predicted octanol–water partition coefficient (Wildman–Crippen LogP) is 5.92. The number of hydrogen-bond acceptors (Lipinski definition) is 7. The van der Waals surface area contributed by atoms with Crippen molar-refractivity contribution < 1.29 is 27.5 Å². The van der Waals surface area contributed by atoms with Crippen molar-refractivity contribution in [1.82, 2.24) is 9.80 Å². The lowest BCUT2D eigenvalue weighted by molar-refractivity contribution is 0.0755. The van der Waals surface area contributed by atoms with Gasteiger partial charge in [-0.25, -0.2) is 13.2 Å². The number of hydrogen-bond donors (Lipinski definition) is 1. The number of ether oxygens (including phenoxy) is 1. The van der Waals surface area contributed by atoms with Crippen molar-refractivity contribution in [3.05, 3.63) is 75.7 Å². The zero-order valence-corrected chi connectivity index (χ0v) is 27.6. The number of para-hydroxylation sites is 1. The van der Waals surface area contributed by atoms with Crippen molar-refractivity contribution in [2.45, 2.75) is 64.3 Å². The molecule has 0 saturated heterocycles. The van der Waals surface area contributed by atoms with Crippen LogP contribution < -0.4 is 9.62 Å². The highest BCUT2D eigenvalue weighted by Crippen LogP contribution is 2.39. The predicted molar refractivity (Wildman–Crippen MR) is 176 cm³/mol. The number of amides is 3. The summed E-state index contributed by atoms with van der Waals surface area (Å²) >= 11 is 1.29. The zero-order chi connectivity index (χ0) is 32.1. The number of thiophene rings is 1. The summed E-state index contributed by atoms with van der Waals surface area (Å²) in [5.41, 5.74) is 3.27. The smallest absolute Gasteiger partial charge is 0.410 e. The van der Waals surface area contributed by atoms with Crippen LogP contribution in [0.4, 0.5) is 15.5 Å². The van der Waals surface area contributed by atoms with Gasteiger partial charge in [-0.1, -0.05) is 32.0 Å². The van der Waals surface area contributed by atoms with E-state index in [1.54, 1.807) is 11.8 Å². The quantitative estimate of drug-likeness (QED) is 0.291. The summed E-state index contributed by atoms with van der Waals surface area (Å²) in [7, 11) is -3.82. The van der Waals surface area contributed by atoms with E-state index in [2.05, 4.69) is 5.32 Å². The van der Waals surface area contributed by atoms with Crippen LogP contribution in [0.3, 0.4) is 0 Å². The van der Waals surface area contributed by atoms with Crippen LogP contribution >= 0.6 is 11.3 Å². The first kappa shape index (κ1) is 32.5. The lowest BCUT2D eigenvalue weighted by Crippen LogP contribution is -2.37. The number of anilines is 2. The number of rotatable bonds is 10. The Morgan fingerprint density at radius 1 is 0.956 bits per heavy atom. The van der Waals surface area contributed by atoms with Gasteiger partial charge in [0.25, 0.3) is 21.8 Å². The molecule has 10 nitrogen and oxygen atoms in total. The van der Waals surface area contributed by atoms with Gasteiger partial charge in [0.15, 0.2) is 0 Å². The third-order valence-corrected chi connectivity index (χ3v) is 11.0. The normalized spacial score (nSPS) is 14.4. The van der Waals surface area contributed by atoms with E-state index in [4.69, 9.17) is 4.74 Å². The van der Waals surface area contributed by atoms with Crippen LogP contribution in [0, 0.1) is 0 Å². The molecule has 0 unspecified atom stereocenters. The number of nitrogens with zero attached hydrogens (tertiary/aromatic N) is 3. The van der Waals surface area contributed by atoms with Gasteiger partial charge in [0.2, 0.25) is 0 Å². The Balaban J connectivity index is 1.41. The molecule has 3 amide bonds. The largest absolute Gasteiger partial charge is 0.450 e. The number of aryl methyl sites for hydroxylation is 1. The SMILES string of the molecule is CCCN(CCC)C(=O)c1c(NC(=O)c2ccc(S(=O)(=O)N3CCCc4ccccc43)cc2)sc2c1CCN(C(=O)OCC)C2. The molecule has 2 aliphatic rings. The maximum absolute atomic E-state index is 13.9. The second kappa shape index (κ2) is 14.0. The summed E-state index contributed by atoms with van der Waals surface area (Å²) in [6.45, 7) is 8.35. The second-order valence-electron chi connectivity index (χ2n) is 11.2. The molecular weight excluding hydrogens is 613 g/mol. The third kappa shape index (κ3) is 6.72. The summed E-state index contributed by atoms with van der Waals surface area (Å²) < 4.78 is 33.8. The van der Waals surface area contributed by atoms with Crippen LogP contribution in [0.1, 0.15) is 76.8 Å². The molecule has 0 spiro atoms. The van der Waals surface area contributed by atoms with Crippen molar-refractivity contribution in [1.29, 1.82) is 0 Å². The van der Waals surface area contributed by atoms with E-state index in [9.17, 15) is 22.8 Å². The van der Waals surface area contributed by atoms with E-state index in [0.29, 0.717) is 55.4 Å². The topological polar surface area (TPSA) is 116 Å². The molecule has 0 bridgehead atoms. The molecular formula is C33H40N4O6S2. The summed E-state index contributed by atoms with van der Waals surface area (Å²) in [5, 5.41) is 3.38. The summed E-state index contributed by atoms with van der Waals surface area (Å²) in [5.74, 6) is -0.589. The highest BCUT2D eigenvalue weighted by molar-refractivity contribution is 7.92. The molecule has 3 heterocycles. The van der Waals surface area contributed by atoms with Gasteiger partial charge >= 0.3 is 6.09 Å². The molecule has 3 aromatic rings. The minimum atomic E-state index is -3.82. The van der Waals surface area contributed by atoms with Gasteiger partial charge in [-0.15, -0.1) is 11.3 Å². The molecule has 5 rings (SSSR count). The molecule has 12 heteroatoms. The first-order valence-corrected chi connectivity index (χ1v) is 17.8. The van der Waals surface area contributed by atoms with Gasteiger partial charge in [0, 0.05) is 36.6 Å².